The van der Waals surface area contributed by atoms with Gasteiger partial charge in [0.1, 0.15) is 10.8 Å². The highest BCUT2D eigenvalue weighted by Gasteiger charge is 2.17. The maximum absolute atomic E-state index is 12.3. The van der Waals surface area contributed by atoms with Crippen molar-refractivity contribution in [2.75, 3.05) is 13.6 Å². The van der Waals surface area contributed by atoms with Gasteiger partial charge in [0.2, 0.25) is 0 Å². The molecular weight excluding hydrogens is 286 g/mol. The fraction of sp³-hybridized carbons (Fsp3) is 0.400. The van der Waals surface area contributed by atoms with E-state index in [1.54, 1.807) is 24.2 Å². The Kier molecular flexibility index (Phi) is 5.01. The van der Waals surface area contributed by atoms with Crippen LogP contribution < -0.4 is 0 Å². The van der Waals surface area contributed by atoms with Crippen LogP contribution in [0.2, 0.25) is 0 Å². The molecule has 0 aliphatic rings. The number of carbonyl (C=O) groups is 1. The molecule has 0 spiro atoms. The Hall–Kier alpha value is -1.82. The molecule has 0 aromatic carbocycles. The number of nitrogens with zero attached hydrogens (tertiary/aromatic N) is 3. The molecule has 2 aromatic rings. The van der Waals surface area contributed by atoms with Crippen molar-refractivity contribution in [2.45, 2.75) is 31.6 Å². The fourth-order valence-corrected chi connectivity index (χ4v) is 3.01. The van der Waals surface area contributed by atoms with Gasteiger partial charge in [0, 0.05) is 31.1 Å². The average Bonchev–Trinajstić information content (AvgIpc) is 2.82. The van der Waals surface area contributed by atoms with Crippen LogP contribution in [0.1, 0.15) is 34.3 Å². The van der Waals surface area contributed by atoms with E-state index in [4.69, 9.17) is 4.52 Å². The van der Waals surface area contributed by atoms with Crippen molar-refractivity contribution < 1.29 is 9.32 Å². The summed E-state index contributed by atoms with van der Waals surface area (Å²) in [6.45, 7) is 6.43. The van der Waals surface area contributed by atoms with Crippen LogP contribution in [-0.2, 0) is 5.75 Å². The second-order valence-corrected chi connectivity index (χ2v) is 5.73. The van der Waals surface area contributed by atoms with Gasteiger partial charge in [-0.3, -0.25) is 4.79 Å². The van der Waals surface area contributed by atoms with Crippen LogP contribution in [0.3, 0.4) is 0 Å². The van der Waals surface area contributed by atoms with Crippen molar-refractivity contribution in [1.82, 2.24) is 15.0 Å². The number of aromatic nitrogens is 2. The largest absolute Gasteiger partial charge is 0.361 e. The van der Waals surface area contributed by atoms with Gasteiger partial charge in [-0.25, -0.2) is 4.98 Å². The van der Waals surface area contributed by atoms with Crippen LogP contribution in [0.25, 0.3) is 0 Å². The van der Waals surface area contributed by atoms with E-state index in [1.165, 1.54) is 11.8 Å². The molecule has 0 N–H and O–H groups in total. The number of carbonyl (C=O) groups excluding carboxylic acids is 1. The van der Waals surface area contributed by atoms with Gasteiger partial charge in [0.25, 0.3) is 5.91 Å². The molecule has 0 aliphatic carbocycles. The summed E-state index contributed by atoms with van der Waals surface area (Å²) < 4.78 is 5.16. The van der Waals surface area contributed by atoms with Crippen molar-refractivity contribution in [3.63, 3.8) is 0 Å². The van der Waals surface area contributed by atoms with Crippen molar-refractivity contribution in [3.8, 4) is 0 Å². The molecule has 0 aliphatic heterocycles. The predicted molar refractivity (Wildman–Crippen MR) is 82.4 cm³/mol. The minimum absolute atomic E-state index is 0.00753. The number of pyridine rings is 1. The number of amides is 1. The van der Waals surface area contributed by atoms with Crippen LogP contribution in [0.5, 0.6) is 0 Å². The topological polar surface area (TPSA) is 59.2 Å². The third kappa shape index (κ3) is 3.44. The molecule has 0 bridgehead atoms. The van der Waals surface area contributed by atoms with Crippen LogP contribution in [0.15, 0.2) is 27.9 Å². The Bertz CT molecular complexity index is 620. The highest BCUT2D eigenvalue weighted by Crippen LogP contribution is 2.27. The van der Waals surface area contributed by atoms with Gasteiger partial charge in [-0.2, -0.15) is 0 Å². The number of hydrogen-bond donors (Lipinski definition) is 0. The second-order valence-electron chi connectivity index (χ2n) is 4.77. The Morgan fingerprint density at radius 3 is 2.81 bits per heavy atom. The first kappa shape index (κ1) is 15.6. The van der Waals surface area contributed by atoms with Crippen LogP contribution >= 0.6 is 11.8 Å². The van der Waals surface area contributed by atoms with Crippen molar-refractivity contribution in [1.29, 1.82) is 0 Å². The Morgan fingerprint density at radius 2 is 2.19 bits per heavy atom. The summed E-state index contributed by atoms with van der Waals surface area (Å²) in [6, 6.07) is 3.61. The Balaban J connectivity index is 2.19. The van der Waals surface area contributed by atoms with Crippen molar-refractivity contribution in [3.05, 3.63) is 40.9 Å². The lowest BCUT2D eigenvalue weighted by molar-refractivity contribution is 0.0798. The standard InChI is InChI=1S/C15H19N3O2S/c1-5-18(4)15(19)12-7-6-8-16-14(12)21-9-13-10(2)17-20-11(13)3/h6-8H,5,9H2,1-4H3. The summed E-state index contributed by atoms with van der Waals surface area (Å²) in [5.41, 5.74) is 2.58. The number of hydrogen-bond acceptors (Lipinski definition) is 5. The fourth-order valence-electron chi connectivity index (χ4n) is 1.87. The molecule has 0 radical (unpaired) electrons. The Labute approximate surface area is 128 Å². The van der Waals surface area contributed by atoms with E-state index < -0.39 is 0 Å². The van der Waals surface area contributed by atoms with Gasteiger partial charge in [-0.15, -0.1) is 11.8 Å². The van der Waals surface area contributed by atoms with Crippen molar-refractivity contribution >= 4 is 17.7 Å². The molecule has 0 atom stereocenters. The maximum atomic E-state index is 12.3. The van der Waals surface area contributed by atoms with E-state index in [0.29, 0.717) is 17.9 Å². The van der Waals surface area contributed by atoms with Crippen LogP contribution in [0, 0.1) is 13.8 Å². The zero-order chi connectivity index (χ0) is 15.4. The number of aryl methyl sites for hydroxylation is 2. The lowest BCUT2D eigenvalue weighted by atomic mass is 10.2. The SMILES string of the molecule is CCN(C)C(=O)c1cccnc1SCc1c(C)noc1C. The predicted octanol–water partition coefficient (Wildman–Crippen LogP) is 3.07. The minimum Gasteiger partial charge on any atom is -0.361 e. The van der Waals surface area contributed by atoms with Gasteiger partial charge < -0.3 is 9.42 Å². The smallest absolute Gasteiger partial charge is 0.256 e. The molecule has 0 saturated heterocycles. The summed E-state index contributed by atoms with van der Waals surface area (Å²) in [4.78, 5) is 18.4. The van der Waals surface area contributed by atoms with Gasteiger partial charge in [0.15, 0.2) is 0 Å². The third-order valence-corrected chi connectivity index (χ3v) is 4.39. The first-order chi connectivity index (χ1) is 10.0. The molecule has 2 rings (SSSR count). The number of rotatable bonds is 5. The van der Waals surface area contributed by atoms with E-state index in [9.17, 15) is 4.79 Å². The monoisotopic (exact) mass is 305 g/mol. The second kappa shape index (κ2) is 6.76. The zero-order valence-electron chi connectivity index (χ0n) is 12.7. The highest BCUT2D eigenvalue weighted by molar-refractivity contribution is 7.98. The van der Waals surface area contributed by atoms with E-state index in [0.717, 1.165) is 22.0 Å². The first-order valence-corrected chi connectivity index (χ1v) is 7.78. The summed E-state index contributed by atoms with van der Waals surface area (Å²) in [6.07, 6.45) is 1.71. The molecule has 0 unspecified atom stereocenters. The van der Waals surface area contributed by atoms with Gasteiger partial charge in [-0.1, -0.05) is 5.16 Å². The summed E-state index contributed by atoms with van der Waals surface area (Å²) in [5, 5.41) is 4.68. The molecule has 6 heteroatoms. The van der Waals surface area contributed by atoms with Crippen LogP contribution in [0.4, 0.5) is 0 Å². The molecule has 1 amide bonds. The van der Waals surface area contributed by atoms with E-state index in [2.05, 4.69) is 10.1 Å². The lowest BCUT2D eigenvalue weighted by Gasteiger charge is -2.16. The minimum atomic E-state index is -0.00753. The van der Waals surface area contributed by atoms with E-state index in [-0.39, 0.29) is 5.91 Å². The van der Waals surface area contributed by atoms with Crippen LogP contribution in [-0.4, -0.2) is 34.5 Å². The summed E-state index contributed by atoms with van der Waals surface area (Å²) >= 11 is 1.53. The molecule has 0 saturated carbocycles. The molecule has 2 aromatic heterocycles. The maximum Gasteiger partial charge on any atom is 0.256 e. The van der Waals surface area contributed by atoms with Gasteiger partial charge in [-0.05, 0) is 32.9 Å². The quantitative estimate of drug-likeness (QED) is 0.795. The van der Waals surface area contributed by atoms with Crippen molar-refractivity contribution in [2.24, 2.45) is 0 Å². The molecular formula is C15H19N3O2S. The molecule has 112 valence electrons. The molecule has 5 nitrogen and oxygen atoms in total. The number of thioether (sulfide) groups is 1. The average molecular weight is 305 g/mol. The highest BCUT2D eigenvalue weighted by atomic mass is 32.2. The van der Waals surface area contributed by atoms with E-state index in [1.807, 2.05) is 26.8 Å². The van der Waals surface area contributed by atoms with Gasteiger partial charge in [0.05, 0.1) is 11.3 Å². The first-order valence-electron chi connectivity index (χ1n) is 6.79. The van der Waals surface area contributed by atoms with Gasteiger partial charge >= 0.3 is 0 Å². The molecule has 2 heterocycles. The normalized spacial score (nSPS) is 10.7. The zero-order valence-corrected chi connectivity index (χ0v) is 13.5. The summed E-state index contributed by atoms with van der Waals surface area (Å²) in [7, 11) is 1.79. The van der Waals surface area contributed by atoms with E-state index >= 15 is 0 Å². The summed E-state index contributed by atoms with van der Waals surface area (Å²) in [5.74, 6) is 1.50. The Morgan fingerprint density at radius 1 is 1.43 bits per heavy atom. The molecule has 0 fully saturated rings. The lowest BCUT2D eigenvalue weighted by Crippen LogP contribution is -2.26. The third-order valence-electron chi connectivity index (χ3n) is 3.36. The molecule has 21 heavy (non-hydrogen) atoms.